The van der Waals surface area contributed by atoms with Crippen LogP contribution in [0.1, 0.15) is 24.8 Å². The Balaban J connectivity index is 2.17. The molecule has 4 heteroatoms. The van der Waals surface area contributed by atoms with Crippen molar-refractivity contribution >= 4 is 28.6 Å². The van der Waals surface area contributed by atoms with Crippen molar-refractivity contribution in [2.24, 2.45) is 5.92 Å². The molecule has 2 atom stereocenters. The normalized spacial score (nSPS) is 23.7. The van der Waals surface area contributed by atoms with E-state index >= 15 is 0 Å². The Hall–Kier alpha value is -0.620. The smallest absolute Gasteiger partial charge is 0.309 e. The van der Waals surface area contributed by atoms with Gasteiger partial charge < -0.3 is 9.47 Å². The summed E-state index contributed by atoms with van der Waals surface area (Å²) in [6.07, 6.45) is 0.746. The van der Waals surface area contributed by atoms with E-state index in [9.17, 15) is 4.79 Å². The van der Waals surface area contributed by atoms with Crippen molar-refractivity contribution in [3.63, 3.8) is 0 Å². The van der Waals surface area contributed by atoms with Gasteiger partial charge in [0.2, 0.25) is 0 Å². The van der Waals surface area contributed by atoms with Crippen molar-refractivity contribution < 1.29 is 14.3 Å². The van der Waals surface area contributed by atoms with Gasteiger partial charge in [0.15, 0.2) is 0 Å². The zero-order valence-corrected chi connectivity index (χ0v) is 12.6. The number of carbonyl (C=O) groups excluding carboxylic acids is 1. The van der Waals surface area contributed by atoms with Gasteiger partial charge in [-0.2, -0.15) is 0 Å². The van der Waals surface area contributed by atoms with Gasteiger partial charge in [-0.05, 0) is 53.6 Å². The minimum Gasteiger partial charge on any atom is -0.466 e. The number of hydrogen-bond acceptors (Lipinski definition) is 3. The number of ether oxygens (including phenoxy) is 2. The Morgan fingerprint density at radius 3 is 2.83 bits per heavy atom. The molecule has 0 spiro atoms. The first-order chi connectivity index (χ1) is 8.72. The van der Waals surface area contributed by atoms with Crippen LogP contribution in [0.2, 0.25) is 0 Å². The quantitative estimate of drug-likeness (QED) is 0.614. The Bertz CT molecular complexity index is 402. The van der Waals surface area contributed by atoms with Crippen LogP contribution in [0.3, 0.4) is 0 Å². The predicted molar refractivity (Wildman–Crippen MR) is 77.5 cm³/mol. The van der Waals surface area contributed by atoms with E-state index in [1.165, 1.54) is 3.57 Å². The second-order valence-electron chi connectivity index (χ2n) is 4.38. The summed E-state index contributed by atoms with van der Waals surface area (Å²) in [4.78, 5) is 12.0. The van der Waals surface area contributed by atoms with Gasteiger partial charge in [-0.15, -0.1) is 0 Å². The van der Waals surface area contributed by atoms with Crippen LogP contribution in [0.15, 0.2) is 24.3 Å². The molecule has 0 bridgehead atoms. The van der Waals surface area contributed by atoms with E-state index in [1.54, 1.807) is 0 Å². The SMILES string of the molecule is CCOC(=O)[C@@H]1CCOC[C@@H]1c1ccc(I)cc1. The molecule has 2 rings (SSSR count). The lowest BCUT2D eigenvalue weighted by Gasteiger charge is -2.30. The molecule has 1 aliphatic rings. The highest BCUT2D eigenvalue weighted by atomic mass is 127. The van der Waals surface area contributed by atoms with Gasteiger partial charge in [0.25, 0.3) is 0 Å². The van der Waals surface area contributed by atoms with E-state index in [1.807, 2.05) is 6.92 Å². The van der Waals surface area contributed by atoms with Crippen LogP contribution in [-0.2, 0) is 14.3 Å². The van der Waals surface area contributed by atoms with E-state index in [2.05, 4.69) is 46.9 Å². The summed E-state index contributed by atoms with van der Waals surface area (Å²) >= 11 is 2.28. The average molecular weight is 360 g/mol. The van der Waals surface area contributed by atoms with Crippen LogP contribution in [0.4, 0.5) is 0 Å². The summed E-state index contributed by atoms with van der Waals surface area (Å²) in [5.41, 5.74) is 1.16. The van der Waals surface area contributed by atoms with Gasteiger partial charge in [0.05, 0.1) is 19.1 Å². The molecular formula is C14H17IO3. The highest BCUT2D eigenvalue weighted by molar-refractivity contribution is 14.1. The first-order valence-electron chi connectivity index (χ1n) is 6.22. The third-order valence-corrected chi connectivity index (χ3v) is 3.96. The second-order valence-corrected chi connectivity index (χ2v) is 5.63. The maximum atomic E-state index is 12.0. The summed E-state index contributed by atoms with van der Waals surface area (Å²) in [7, 11) is 0. The van der Waals surface area contributed by atoms with Gasteiger partial charge >= 0.3 is 5.97 Å². The highest BCUT2D eigenvalue weighted by Gasteiger charge is 2.33. The van der Waals surface area contributed by atoms with Crippen LogP contribution in [0, 0.1) is 9.49 Å². The molecule has 0 aromatic heterocycles. The zero-order valence-electron chi connectivity index (χ0n) is 10.4. The lowest BCUT2D eigenvalue weighted by atomic mass is 9.83. The monoisotopic (exact) mass is 360 g/mol. The van der Waals surface area contributed by atoms with Crippen molar-refractivity contribution in [2.45, 2.75) is 19.3 Å². The molecule has 0 N–H and O–H groups in total. The fourth-order valence-electron chi connectivity index (χ4n) is 2.31. The fraction of sp³-hybridized carbons (Fsp3) is 0.500. The van der Waals surface area contributed by atoms with Crippen molar-refractivity contribution in [3.8, 4) is 0 Å². The molecule has 1 saturated heterocycles. The molecule has 1 fully saturated rings. The number of esters is 1. The number of rotatable bonds is 3. The van der Waals surface area contributed by atoms with E-state index < -0.39 is 0 Å². The number of benzene rings is 1. The van der Waals surface area contributed by atoms with E-state index in [-0.39, 0.29) is 17.8 Å². The fourth-order valence-corrected chi connectivity index (χ4v) is 2.67. The van der Waals surface area contributed by atoms with Crippen molar-refractivity contribution in [1.29, 1.82) is 0 Å². The summed E-state index contributed by atoms with van der Waals surface area (Å²) < 4.78 is 11.9. The van der Waals surface area contributed by atoms with Gasteiger partial charge in [0.1, 0.15) is 0 Å². The van der Waals surface area contributed by atoms with Crippen molar-refractivity contribution in [2.75, 3.05) is 19.8 Å². The Labute approximate surface area is 121 Å². The van der Waals surface area contributed by atoms with Gasteiger partial charge in [-0.1, -0.05) is 12.1 Å². The minimum absolute atomic E-state index is 0.0706. The van der Waals surface area contributed by atoms with Gasteiger partial charge in [-0.25, -0.2) is 0 Å². The summed E-state index contributed by atoms with van der Waals surface area (Å²) in [5, 5.41) is 0. The second kappa shape index (κ2) is 6.52. The predicted octanol–water partition coefficient (Wildman–Crippen LogP) is 2.97. The standard InChI is InChI=1S/C14H17IO3/c1-2-18-14(16)12-7-8-17-9-13(12)10-3-5-11(15)6-4-10/h3-6,12-13H,2,7-9H2,1H3/t12-,13-/m1/s1. The number of halogens is 1. The molecule has 98 valence electrons. The number of carbonyl (C=O) groups is 1. The maximum absolute atomic E-state index is 12.0. The highest BCUT2D eigenvalue weighted by Crippen LogP contribution is 2.32. The molecule has 18 heavy (non-hydrogen) atoms. The first kappa shape index (κ1) is 13.8. The summed E-state index contributed by atoms with van der Waals surface area (Å²) in [6.45, 7) is 3.53. The first-order valence-corrected chi connectivity index (χ1v) is 7.30. The molecular weight excluding hydrogens is 343 g/mol. The Kier molecular flexibility index (Phi) is 5.00. The molecule has 1 aromatic rings. The van der Waals surface area contributed by atoms with Gasteiger partial charge in [-0.3, -0.25) is 4.79 Å². The third kappa shape index (κ3) is 3.23. The topological polar surface area (TPSA) is 35.5 Å². The zero-order chi connectivity index (χ0) is 13.0. The van der Waals surface area contributed by atoms with E-state index in [4.69, 9.17) is 9.47 Å². The number of hydrogen-bond donors (Lipinski definition) is 0. The van der Waals surface area contributed by atoms with Crippen molar-refractivity contribution in [3.05, 3.63) is 33.4 Å². The lowest BCUT2D eigenvalue weighted by Crippen LogP contribution is -2.32. The average Bonchev–Trinajstić information content (AvgIpc) is 2.40. The van der Waals surface area contributed by atoms with Crippen LogP contribution < -0.4 is 0 Å². The molecule has 0 radical (unpaired) electrons. The molecule has 0 aliphatic carbocycles. The molecule has 0 saturated carbocycles. The molecule has 0 amide bonds. The van der Waals surface area contributed by atoms with Crippen LogP contribution in [0.25, 0.3) is 0 Å². The van der Waals surface area contributed by atoms with Crippen LogP contribution in [-0.4, -0.2) is 25.8 Å². The Morgan fingerprint density at radius 2 is 2.17 bits per heavy atom. The van der Waals surface area contributed by atoms with Crippen molar-refractivity contribution in [1.82, 2.24) is 0 Å². The molecule has 0 unspecified atom stereocenters. The molecule has 3 nitrogen and oxygen atoms in total. The third-order valence-electron chi connectivity index (χ3n) is 3.24. The van der Waals surface area contributed by atoms with E-state index in [0.717, 1.165) is 12.0 Å². The molecule has 1 heterocycles. The lowest BCUT2D eigenvalue weighted by molar-refractivity contribution is -0.152. The molecule has 1 aliphatic heterocycles. The maximum Gasteiger partial charge on any atom is 0.309 e. The summed E-state index contributed by atoms with van der Waals surface area (Å²) in [6, 6.07) is 8.28. The minimum atomic E-state index is -0.0932. The van der Waals surface area contributed by atoms with Crippen LogP contribution in [0.5, 0.6) is 0 Å². The van der Waals surface area contributed by atoms with Gasteiger partial charge in [0, 0.05) is 16.1 Å². The summed E-state index contributed by atoms with van der Waals surface area (Å²) in [5.74, 6) is -0.0436. The van der Waals surface area contributed by atoms with E-state index in [0.29, 0.717) is 19.8 Å². The largest absolute Gasteiger partial charge is 0.466 e. The van der Waals surface area contributed by atoms with Crippen LogP contribution >= 0.6 is 22.6 Å². The Morgan fingerprint density at radius 1 is 1.44 bits per heavy atom. The molecule has 1 aromatic carbocycles.